The van der Waals surface area contributed by atoms with Gasteiger partial charge in [0.15, 0.2) is 0 Å². The molecule has 2 heteroatoms. The maximum Gasteiger partial charge on any atom is 0.109 e. The fraction of sp³-hybridized carbons (Fsp3) is 0.100. The van der Waals surface area contributed by atoms with Crippen LogP contribution in [0.4, 0.5) is 0 Å². The number of benzene rings is 1. The lowest BCUT2D eigenvalue weighted by Gasteiger charge is -2.10. The third-order valence-electron chi connectivity index (χ3n) is 2.01. The Balaban J connectivity index is 2.58. The highest BCUT2D eigenvalue weighted by atomic mass is 16.4. The minimum Gasteiger partial charge on any atom is -0.410 e. The molecule has 0 saturated heterocycles. The molecule has 0 spiro atoms. The summed E-state index contributed by atoms with van der Waals surface area (Å²) in [6.07, 6.45) is 4.76. The van der Waals surface area contributed by atoms with Crippen molar-refractivity contribution in [1.82, 2.24) is 0 Å². The largest absolute Gasteiger partial charge is 0.410 e. The van der Waals surface area contributed by atoms with Crippen molar-refractivity contribution in [1.29, 1.82) is 0 Å². The first-order chi connectivity index (χ1) is 5.92. The molecule has 0 aromatic heterocycles. The van der Waals surface area contributed by atoms with Crippen LogP contribution in [-0.2, 0) is 6.42 Å². The summed E-state index contributed by atoms with van der Waals surface area (Å²) >= 11 is 0. The Hall–Kier alpha value is -1.57. The van der Waals surface area contributed by atoms with Gasteiger partial charge in [-0.1, -0.05) is 35.5 Å². The van der Waals surface area contributed by atoms with Crippen molar-refractivity contribution in [3.05, 3.63) is 47.5 Å². The normalized spacial score (nSPS) is 17.8. The van der Waals surface area contributed by atoms with E-state index in [4.69, 9.17) is 5.21 Å². The summed E-state index contributed by atoms with van der Waals surface area (Å²) in [5.74, 6) is 0. The minimum atomic E-state index is 0.650. The van der Waals surface area contributed by atoms with Crippen LogP contribution in [0.3, 0.4) is 0 Å². The van der Waals surface area contributed by atoms with Gasteiger partial charge in [-0.25, -0.2) is 0 Å². The summed E-state index contributed by atoms with van der Waals surface area (Å²) in [6.45, 7) is 0. The molecular formula is C10H9NO. The summed E-state index contributed by atoms with van der Waals surface area (Å²) in [6, 6.07) is 7.95. The number of hydrogen-bond donors (Lipinski definition) is 1. The van der Waals surface area contributed by atoms with Crippen molar-refractivity contribution >= 4 is 5.71 Å². The summed E-state index contributed by atoms with van der Waals surface area (Å²) in [4.78, 5) is 0. The first-order valence-electron chi connectivity index (χ1n) is 3.88. The van der Waals surface area contributed by atoms with E-state index < -0.39 is 0 Å². The molecule has 0 bridgehead atoms. The van der Waals surface area contributed by atoms with E-state index in [0.717, 1.165) is 12.0 Å². The molecule has 1 aromatic carbocycles. The smallest absolute Gasteiger partial charge is 0.109 e. The Labute approximate surface area is 70.8 Å². The van der Waals surface area contributed by atoms with Crippen LogP contribution in [0.2, 0.25) is 0 Å². The van der Waals surface area contributed by atoms with Crippen molar-refractivity contribution in [2.24, 2.45) is 5.16 Å². The van der Waals surface area contributed by atoms with Gasteiger partial charge in [0.05, 0.1) is 0 Å². The van der Waals surface area contributed by atoms with Crippen LogP contribution < -0.4 is 0 Å². The SMILES string of the molecule is ON=C1C=CCc2ccccc21. The standard InChI is InChI=1S/C10H9NO/c12-11-10-7-3-5-8-4-1-2-6-9(8)10/h1-4,6-7,12H,5H2. The third-order valence-corrected chi connectivity index (χ3v) is 2.01. The molecule has 1 N–H and O–H groups in total. The fourth-order valence-corrected chi connectivity index (χ4v) is 1.42. The second-order valence-electron chi connectivity index (χ2n) is 2.75. The van der Waals surface area contributed by atoms with Gasteiger partial charge in [-0.15, -0.1) is 0 Å². The molecular weight excluding hydrogens is 150 g/mol. The van der Waals surface area contributed by atoms with E-state index in [0.29, 0.717) is 5.71 Å². The second-order valence-corrected chi connectivity index (χ2v) is 2.75. The Morgan fingerprint density at radius 2 is 2.08 bits per heavy atom. The van der Waals surface area contributed by atoms with Gasteiger partial charge in [-0.3, -0.25) is 0 Å². The zero-order valence-electron chi connectivity index (χ0n) is 6.57. The number of allylic oxidation sites excluding steroid dienone is 2. The number of rotatable bonds is 0. The molecule has 12 heavy (non-hydrogen) atoms. The number of fused-ring (bicyclic) bond motifs is 1. The second kappa shape index (κ2) is 2.81. The van der Waals surface area contributed by atoms with Crippen LogP contribution in [0.1, 0.15) is 11.1 Å². The van der Waals surface area contributed by atoms with E-state index in [2.05, 4.69) is 5.16 Å². The van der Waals surface area contributed by atoms with Crippen LogP contribution in [0.15, 0.2) is 41.6 Å². The van der Waals surface area contributed by atoms with Crippen molar-refractivity contribution in [2.75, 3.05) is 0 Å². The van der Waals surface area contributed by atoms with E-state index in [1.165, 1.54) is 5.56 Å². The van der Waals surface area contributed by atoms with E-state index in [9.17, 15) is 0 Å². The van der Waals surface area contributed by atoms with E-state index in [-0.39, 0.29) is 0 Å². The van der Waals surface area contributed by atoms with Crippen molar-refractivity contribution < 1.29 is 5.21 Å². The summed E-state index contributed by atoms with van der Waals surface area (Å²) < 4.78 is 0. The molecule has 2 rings (SSSR count). The fourth-order valence-electron chi connectivity index (χ4n) is 1.42. The van der Waals surface area contributed by atoms with Gasteiger partial charge in [0, 0.05) is 5.56 Å². The number of nitrogens with zero attached hydrogens (tertiary/aromatic N) is 1. The predicted octanol–water partition coefficient (Wildman–Crippen LogP) is 1.98. The summed E-state index contributed by atoms with van der Waals surface area (Å²) in [5, 5.41) is 11.9. The maximum absolute atomic E-state index is 8.67. The van der Waals surface area contributed by atoms with Gasteiger partial charge in [-0.05, 0) is 18.1 Å². The molecule has 0 amide bonds. The van der Waals surface area contributed by atoms with E-state index >= 15 is 0 Å². The molecule has 0 radical (unpaired) electrons. The summed E-state index contributed by atoms with van der Waals surface area (Å²) in [7, 11) is 0. The topological polar surface area (TPSA) is 32.6 Å². The van der Waals surface area contributed by atoms with Crippen molar-refractivity contribution in [2.45, 2.75) is 6.42 Å². The lowest BCUT2D eigenvalue weighted by Crippen LogP contribution is -2.05. The highest BCUT2D eigenvalue weighted by Gasteiger charge is 2.09. The average molecular weight is 159 g/mol. The molecule has 60 valence electrons. The molecule has 1 aliphatic carbocycles. The lowest BCUT2D eigenvalue weighted by atomic mass is 9.96. The molecule has 0 fully saturated rings. The predicted molar refractivity (Wildman–Crippen MR) is 47.6 cm³/mol. The van der Waals surface area contributed by atoms with E-state index in [1.807, 2.05) is 36.4 Å². The molecule has 0 unspecified atom stereocenters. The van der Waals surface area contributed by atoms with Gasteiger partial charge in [0.25, 0.3) is 0 Å². The van der Waals surface area contributed by atoms with Gasteiger partial charge in [0.1, 0.15) is 5.71 Å². The molecule has 2 nitrogen and oxygen atoms in total. The summed E-state index contributed by atoms with van der Waals surface area (Å²) in [5.41, 5.74) is 2.90. The zero-order chi connectivity index (χ0) is 8.39. The Morgan fingerprint density at radius 3 is 2.92 bits per heavy atom. The van der Waals surface area contributed by atoms with Crippen LogP contribution in [0.25, 0.3) is 0 Å². The van der Waals surface area contributed by atoms with Crippen molar-refractivity contribution in [3.8, 4) is 0 Å². The Bertz CT molecular complexity index is 353. The Kier molecular flexibility index (Phi) is 1.67. The average Bonchev–Trinajstić information content (AvgIpc) is 2.17. The minimum absolute atomic E-state index is 0.650. The van der Waals surface area contributed by atoms with Gasteiger partial charge >= 0.3 is 0 Å². The number of oxime groups is 1. The quantitative estimate of drug-likeness (QED) is 0.455. The van der Waals surface area contributed by atoms with E-state index in [1.54, 1.807) is 0 Å². The lowest BCUT2D eigenvalue weighted by molar-refractivity contribution is 0.320. The third kappa shape index (κ3) is 1.01. The van der Waals surface area contributed by atoms with Gasteiger partial charge in [0.2, 0.25) is 0 Å². The van der Waals surface area contributed by atoms with Crippen molar-refractivity contribution in [3.63, 3.8) is 0 Å². The van der Waals surface area contributed by atoms with Gasteiger partial charge < -0.3 is 5.21 Å². The van der Waals surface area contributed by atoms with Gasteiger partial charge in [-0.2, -0.15) is 0 Å². The highest BCUT2D eigenvalue weighted by Crippen LogP contribution is 2.16. The molecule has 0 heterocycles. The van der Waals surface area contributed by atoms with Crippen LogP contribution in [0.5, 0.6) is 0 Å². The zero-order valence-corrected chi connectivity index (χ0v) is 6.57. The molecule has 1 aliphatic rings. The maximum atomic E-state index is 8.67. The molecule has 0 atom stereocenters. The van der Waals surface area contributed by atoms with Crippen LogP contribution in [0, 0.1) is 0 Å². The number of hydrogen-bond acceptors (Lipinski definition) is 2. The monoisotopic (exact) mass is 159 g/mol. The van der Waals surface area contributed by atoms with Crippen LogP contribution in [-0.4, -0.2) is 10.9 Å². The molecule has 1 aromatic rings. The first kappa shape index (κ1) is 7.10. The first-order valence-corrected chi connectivity index (χ1v) is 3.88. The molecule has 0 saturated carbocycles. The Morgan fingerprint density at radius 1 is 1.25 bits per heavy atom. The highest BCUT2D eigenvalue weighted by molar-refractivity contribution is 6.10. The molecule has 0 aliphatic heterocycles. The van der Waals surface area contributed by atoms with Crippen LogP contribution >= 0.6 is 0 Å².